The van der Waals surface area contributed by atoms with Gasteiger partial charge in [-0.3, -0.25) is 0 Å². The van der Waals surface area contributed by atoms with Gasteiger partial charge in [0.25, 0.3) is 0 Å². The number of likely N-dealkylation sites (N-methyl/N-ethyl adjacent to an activating group) is 1. The predicted molar refractivity (Wildman–Crippen MR) is 113 cm³/mol. The highest BCUT2D eigenvalue weighted by Gasteiger charge is 2.17. The zero-order valence-corrected chi connectivity index (χ0v) is 17.5. The fraction of sp³-hybridized carbons (Fsp3) is 0.364. The van der Waals surface area contributed by atoms with Crippen LogP contribution in [0.3, 0.4) is 0 Å². The first-order valence-corrected chi connectivity index (χ1v) is 9.40. The van der Waals surface area contributed by atoms with Gasteiger partial charge in [-0.25, -0.2) is 4.79 Å². The highest BCUT2D eigenvalue weighted by molar-refractivity contribution is 5.91. The van der Waals surface area contributed by atoms with Crippen LogP contribution in [-0.2, 0) is 0 Å². The minimum absolute atomic E-state index is 0.0346. The molecule has 0 heterocycles. The molecule has 2 rings (SSSR count). The van der Waals surface area contributed by atoms with E-state index in [0.717, 1.165) is 11.3 Å². The number of amides is 2. The molecule has 1 unspecified atom stereocenters. The van der Waals surface area contributed by atoms with E-state index in [2.05, 4.69) is 16.7 Å². The Morgan fingerprint density at radius 3 is 2.59 bits per heavy atom. The quantitative estimate of drug-likeness (QED) is 0.709. The minimum Gasteiger partial charge on any atom is -0.497 e. The minimum atomic E-state index is -0.372. The van der Waals surface area contributed by atoms with Crippen LogP contribution in [0, 0.1) is 11.3 Å². The van der Waals surface area contributed by atoms with E-state index in [0.29, 0.717) is 23.5 Å². The van der Waals surface area contributed by atoms with Crippen molar-refractivity contribution in [2.75, 3.05) is 33.1 Å². The summed E-state index contributed by atoms with van der Waals surface area (Å²) in [4.78, 5) is 14.6. The van der Waals surface area contributed by atoms with Crippen LogP contribution < -0.4 is 20.1 Å². The second-order valence-corrected chi connectivity index (χ2v) is 7.08. The van der Waals surface area contributed by atoms with Crippen molar-refractivity contribution in [2.45, 2.75) is 26.0 Å². The van der Waals surface area contributed by atoms with Crippen LogP contribution in [0.4, 0.5) is 10.5 Å². The number of rotatable bonds is 8. The van der Waals surface area contributed by atoms with Crippen LogP contribution in [0.25, 0.3) is 0 Å². The Balaban J connectivity index is 2.10. The maximum absolute atomic E-state index is 12.5. The molecule has 2 aromatic carbocycles. The van der Waals surface area contributed by atoms with Gasteiger partial charge < -0.3 is 25.0 Å². The van der Waals surface area contributed by atoms with Gasteiger partial charge in [0.2, 0.25) is 0 Å². The predicted octanol–water partition coefficient (Wildman–Crippen LogP) is 3.78. The molecule has 0 saturated heterocycles. The van der Waals surface area contributed by atoms with Gasteiger partial charge in [-0.1, -0.05) is 12.1 Å². The average Bonchev–Trinajstić information content (AvgIpc) is 2.69. The number of nitriles is 1. The van der Waals surface area contributed by atoms with Gasteiger partial charge in [-0.15, -0.1) is 0 Å². The van der Waals surface area contributed by atoms with Gasteiger partial charge in [0.15, 0.2) is 0 Å². The molecule has 0 fully saturated rings. The van der Waals surface area contributed by atoms with E-state index in [1.165, 1.54) is 0 Å². The van der Waals surface area contributed by atoms with Gasteiger partial charge in [0.1, 0.15) is 11.5 Å². The summed E-state index contributed by atoms with van der Waals surface area (Å²) in [5.41, 5.74) is 1.93. The van der Waals surface area contributed by atoms with E-state index < -0.39 is 0 Å². The number of hydrogen-bond acceptors (Lipinski definition) is 5. The van der Waals surface area contributed by atoms with Crippen LogP contribution in [0.5, 0.6) is 11.5 Å². The summed E-state index contributed by atoms with van der Waals surface area (Å²) in [6.07, 6.45) is -0.0577. The lowest BCUT2D eigenvalue weighted by molar-refractivity contribution is 0.239. The van der Waals surface area contributed by atoms with Crippen molar-refractivity contribution in [3.63, 3.8) is 0 Å². The smallest absolute Gasteiger partial charge is 0.319 e. The number of benzene rings is 2. The highest BCUT2D eigenvalue weighted by Crippen LogP contribution is 2.27. The summed E-state index contributed by atoms with van der Waals surface area (Å²) in [6.45, 7) is 4.19. The molecule has 0 spiro atoms. The number of carbonyl (C=O) groups is 1. The number of ether oxygens (including phenoxy) is 2. The van der Waals surface area contributed by atoms with Crippen LogP contribution in [0.15, 0.2) is 42.5 Å². The lowest BCUT2D eigenvalue weighted by Crippen LogP contribution is -2.37. The first-order chi connectivity index (χ1) is 13.8. The fourth-order valence-electron chi connectivity index (χ4n) is 2.86. The first kappa shape index (κ1) is 22.1. The van der Waals surface area contributed by atoms with E-state index in [-0.39, 0.29) is 18.2 Å². The third-order valence-electron chi connectivity index (χ3n) is 4.28. The number of urea groups is 1. The second kappa shape index (κ2) is 10.3. The third-order valence-corrected chi connectivity index (χ3v) is 4.28. The lowest BCUT2D eigenvalue weighted by atomic mass is 10.1. The summed E-state index contributed by atoms with van der Waals surface area (Å²) in [5.74, 6) is 1.29. The summed E-state index contributed by atoms with van der Waals surface area (Å²) < 4.78 is 11.0. The van der Waals surface area contributed by atoms with Crippen LogP contribution in [0.2, 0.25) is 0 Å². The van der Waals surface area contributed by atoms with E-state index >= 15 is 0 Å². The number of anilines is 1. The molecule has 7 heteroatoms. The zero-order valence-electron chi connectivity index (χ0n) is 17.5. The van der Waals surface area contributed by atoms with Crippen molar-refractivity contribution in [1.82, 2.24) is 10.2 Å². The normalized spacial score (nSPS) is 11.7. The molecule has 0 aliphatic heterocycles. The van der Waals surface area contributed by atoms with Gasteiger partial charge in [-0.2, -0.15) is 5.26 Å². The SMILES string of the molecule is COc1cccc(C(CNC(=O)Nc2cc(C#N)ccc2OC(C)C)N(C)C)c1. The summed E-state index contributed by atoms with van der Waals surface area (Å²) in [7, 11) is 5.53. The Labute approximate surface area is 172 Å². The van der Waals surface area contributed by atoms with Crippen LogP contribution in [0.1, 0.15) is 31.0 Å². The average molecular weight is 396 g/mol. The molecule has 0 aliphatic rings. The van der Waals surface area contributed by atoms with Crippen LogP contribution >= 0.6 is 0 Å². The number of hydrogen-bond donors (Lipinski definition) is 2. The van der Waals surface area contributed by atoms with E-state index in [1.807, 2.05) is 57.1 Å². The van der Waals surface area contributed by atoms with E-state index in [4.69, 9.17) is 14.7 Å². The van der Waals surface area contributed by atoms with Crippen molar-refractivity contribution in [1.29, 1.82) is 5.26 Å². The van der Waals surface area contributed by atoms with Crippen LogP contribution in [-0.4, -0.2) is 44.8 Å². The summed E-state index contributed by atoms with van der Waals surface area (Å²) in [6, 6.07) is 14.4. The molecule has 2 amide bonds. The summed E-state index contributed by atoms with van der Waals surface area (Å²) in [5, 5.41) is 14.8. The van der Waals surface area contributed by atoms with Gasteiger partial charge in [0, 0.05) is 6.54 Å². The third kappa shape index (κ3) is 6.40. The van der Waals surface area contributed by atoms with Crippen molar-refractivity contribution >= 4 is 11.7 Å². The monoisotopic (exact) mass is 396 g/mol. The Kier molecular flexibility index (Phi) is 7.87. The molecule has 1 atom stereocenters. The lowest BCUT2D eigenvalue weighted by Gasteiger charge is -2.25. The second-order valence-electron chi connectivity index (χ2n) is 7.08. The maximum atomic E-state index is 12.5. The zero-order chi connectivity index (χ0) is 21.4. The molecule has 0 radical (unpaired) electrons. The molecule has 0 aromatic heterocycles. The molecule has 154 valence electrons. The summed E-state index contributed by atoms with van der Waals surface area (Å²) >= 11 is 0. The molecule has 29 heavy (non-hydrogen) atoms. The van der Waals surface area contributed by atoms with Crippen molar-refractivity contribution in [3.05, 3.63) is 53.6 Å². The largest absolute Gasteiger partial charge is 0.497 e. The Bertz CT molecular complexity index is 875. The first-order valence-electron chi connectivity index (χ1n) is 9.40. The van der Waals surface area contributed by atoms with E-state index in [9.17, 15) is 4.79 Å². The Hall–Kier alpha value is -3.24. The number of nitrogens with one attached hydrogen (secondary N) is 2. The molecular weight excluding hydrogens is 368 g/mol. The number of nitrogens with zero attached hydrogens (tertiary/aromatic N) is 2. The van der Waals surface area contributed by atoms with E-state index in [1.54, 1.807) is 25.3 Å². The Morgan fingerprint density at radius 2 is 1.97 bits per heavy atom. The number of methoxy groups -OCH3 is 1. The maximum Gasteiger partial charge on any atom is 0.319 e. The van der Waals surface area contributed by atoms with Gasteiger partial charge in [-0.05, 0) is 63.8 Å². The van der Waals surface area contributed by atoms with Gasteiger partial charge in [0.05, 0.1) is 36.6 Å². The van der Waals surface area contributed by atoms with Crippen molar-refractivity contribution in [3.8, 4) is 17.6 Å². The molecule has 0 bridgehead atoms. The molecule has 2 aromatic rings. The molecule has 2 N–H and O–H groups in total. The highest BCUT2D eigenvalue weighted by atomic mass is 16.5. The van der Waals surface area contributed by atoms with Crippen molar-refractivity contribution in [2.24, 2.45) is 0 Å². The molecular formula is C22H28N4O3. The molecule has 7 nitrogen and oxygen atoms in total. The standard InChI is InChI=1S/C22H28N4O3/c1-15(2)29-21-10-9-16(13-23)11-19(21)25-22(27)24-14-20(26(3)4)17-7-6-8-18(12-17)28-5/h6-12,15,20H,14H2,1-5H3,(H2,24,25,27). The topological polar surface area (TPSA) is 86.6 Å². The molecule has 0 aliphatic carbocycles. The Morgan fingerprint density at radius 1 is 1.21 bits per heavy atom. The fourth-order valence-corrected chi connectivity index (χ4v) is 2.86. The number of carbonyl (C=O) groups excluding carboxylic acids is 1. The van der Waals surface area contributed by atoms with Crippen molar-refractivity contribution < 1.29 is 14.3 Å². The molecule has 0 saturated carbocycles. The van der Waals surface area contributed by atoms with Gasteiger partial charge >= 0.3 is 6.03 Å².